The molecule has 5 rings (SSSR count). The summed E-state index contributed by atoms with van der Waals surface area (Å²) in [6.07, 6.45) is 8.40. The molecule has 0 radical (unpaired) electrons. The lowest BCUT2D eigenvalue weighted by Crippen LogP contribution is -2.12. The van der Waals surface area contributed by atoms with Gasteiger partial charge in [0.1, 0.15) is 21.9 Å². The molecule has 37 heavy (non-hydrogen) atoms. The molecule has 1 N–H and O–H groups in total. The molecule has 0 fully saturated rings. The van der Waals surface area contributed by atoms with Crippen LogP contribution in [0.1, 0.15) is 10.4 Å². The first-order valence-electron chi connectivity index (χ1n) is 10.6. The Morgan fingerprint density at radius 1 is 1.08 bits per heavy atom. The van der Waals surface area contributed by atoms with Gasteiger partial charge in [-0.25, -0.2) is 17.9 Å². The summed E-state index contributed by atoms with van der Waals surface area (Å²) in [5.41, 5.74) is 0.528. The minimum absolute atomic E-state index is 0.0131. The highest BCUT2D eigenvalue weighted by Gasteiger charge is 2.25. The zero-order valence-corrected chi connectivity index (χ0v) is 20.1. The molecule has 0 aliphatic rings. The predicted molar refractivity (Wildman–Crippen MR) is 125 cm³/mol. The van der Waals surface area contributed by atoms with E-state index in [1.165, 1.54) is 44.9 Å². The van der Waals surface area contributed by atoms with Crippen LogP contribution >= 0.6 is 0 Å². The average molecular weight is 529 g/mol. The highest BCUT2D eigenvalue weighted by molar-refractivity contribution is 7.91. The molecule has 0 unspecified atom stereocenters. The molecular formula is C22H18F2N8O4S. The molecule has 0 aliphatic heterocycles. The fraction of sp³-hybridized carbons (Fsp3) is 0.136. The van der Waals surface area contributed by atoms with Crippen LogP contribution in [0.4, 0.5) is 14.5 Å². The van der Waals surface area contributed by atoms with E-state index in [-0.39, 0.29) is 38.0 Å². The molecular weight excluding hydrogens is 510 g/mol. The lowest BCUT2D eigenvalue weighted by molar-refractivity contribution is -0.0494. The van der Waals surface area contributed by atoms with Gasteiger partial charge in [0.05, 0.1) is 23.0 Å². The summed E-state index contributed by atoms with van der Waals surface area (Å²) in [5.74, 6) is -0.912. The Kier molecular flexibility index (Phi) is 5.91. The van der Waals surface area contributed by atoms with Crippen LogP contribution in [0.15, 0.2) is 71.2 Å². The number of benzene rings is 1. The largest absolute Gasteiger partial charge is 0.434 e. The highest BCUT2D eigenvalue weighted by atomic mass is 32.2. The maximum absolute atomic E-state index is 13.2. The molecule has 0 saturated heterocycles. The van der Waals surface area contributed by atoms with Crippen molar-refractivity contribution in [3.63, 3.8) is 0 Å². The maximum atomic E-state index is 13.2. The Labute approximate surface area is 208 Å². The number of hydrogen-bond acceptors (Lipinski definition) is 8. The number of aryl methyl sites for hydroxylation is 2. The summed E-state index contributed by atoms with van der Waals surface area (Å²) in [4.78, 5) is 16.9. The molecule has 1 aromatic carbocycles. The van der Waals surface area contributed by atoms with Crippen molar-refractivity contribution in [1.29, 1.82) is 0 Å². The Bertz CT molecular complexity index is 1740. The fourth-order valence-corrected chi connectivity index (χ4v) is 4.96. The number of aromatic nitrogens is 7. The molecule has 1 amide bonds. The minimum atomic E-state index is -4.05. The third-order valence-corrected chi connectivity index (χ3v) is 7.03. The number of ether oxygens (including phenoxy) is 1. The van der Waals surface area contributed by atoms with E-state index in [0.29, 0.717) is 5.65 Å². The zero-order valence-electron chi connectivity index (χ0n) is 19.3. The summed E-state index contributed by atoms with van der Waals surface area (Å²) in [6, 6.07) is 5.07. The quantitative estimate of drug-likeness (QED) is 0.340. The SMILES string of the molecule is Cn1cc(S(=O)(=O)c2ccc(OC(F)F)c(-c3nn(C)cc3NC(=O)c3cnn4cccnc34)c2)cn1. The van der Waals surface area contributed by atoms with Gasteiger partial charge < -0.3 is 10.1 Å². The number of carbonyl (C=O) groups is 1. The molecule has 0 atom stereocenters. The van der Waals surface area contributed by atoms with Gasteiger partial charge in [-0.3, -0.25) is 14.2 Å². The number of nitrogens with zero attached hydrogens (tertiary/aromatic N) is 7. The van der Waals surface area contributed by atoms with Gasteiger partial charge in [0.25, 0.3) is 5.91 Å². The standard InChI is InChI=1S/C22H18F2N8O4S/c1-30-11-14(9-26-30)37(34,35)13-4-5-18(36-22(23)24)15(8-13)19-17(12-31(2)29-19)28-21(33)16-10-27-32-7-3-6-25-20(16)32/h3-12,22H,1-2H3,(H,28,33). The average Bonchev–Trinajstić information content (AvgIpc) is 3.57. The van der Waals surface area contributed by atoms with Gasteiger partial charge in [0.2, 0.25) is 9.84 Å². The summed E-state index contributed by atoms with van der Waals surface area (Å²) >= 11 is 0. The van der Waals surface area contributed by atoms with Crippen molar-refractivity contribution >= 4 is 27.1 Å². The number of rotatable bonds is 7. The number of sulfone groups is 1. The third kappa shape index (κ3) is 4.51. The maximum Gasteiger partial charge on any atom is 0.387 e. The lowest BCUT2D eigenvalue weighted by atomic mass is 10.1. The van der Waals surface area contributed by atoms with E-state index in [1.54, 1.807) is 26.4 Å². The smallest absolute Gasteiger partial charge is 0.387 e. The second-order valence-electron chi connectivity index (χ2n) is 7.85. The zero-order chi connectivity index (χ0) is 26.3. The van der Waals surface area contributed by atoms with Gasteiger partial charge in [0, 0.05) is 44.4 Å². The molecule has 4 heterocycles. The van der Waals surface area contributed by atoms with Gasteiger partial charge >= 0.3 is 6.61 Å². The number of amides is 1. The number of anilines is 1. The molecule has 4 aromatic heterocycles. The predicted octanol–water partition coefficient (Wildman–Crippen LogP) is 2.55. The molecule has 0 spiro atoms. The van der Waals surface area contributed by atoms with Gasteiger partial charge in [-0.15, -0.1) is 0 Å². The number of nitrogens with one attached hydrogen (secondary N) is 1. The molecule has 15 heteroatoms. The first-order chi connectivity index (χ1) is 17.6. The summed E-state index contributed by atoms with van der Waals surface area (Å²) in [7, 11) is -0.933. The second-order valence-corrected chi connectivity index (χ2v) is 9.80. The molecule has 190 valence electrons. The highest BCUT2D eigenvalue weighted by Crippen LogP contribution is 2.38. The van der Waals surface area contributed by atoms with Crippen LogP contribution in [-0.2, 0) is 23.9 Å². The van der Waals surface area contributed by atoms with Crippen LogP contribution in [0.5, 0.6) is 5.75 Å². The van der Waals surface area contributed by atoms with Crippen LogP contribution < -0.4 is 10.1 Å². The summed E-state index contributed by atoms with van der Waals surface area (Å²) < 4.78 is 61.5. The first kappa shape index (κ1) is 24.1. The third-order valence-electron chi connectivity index (χ3n) is 5.32. The van der Waals surface area contributed by atoms with Crippen molar-refractivity contribution in [2.75, 3.05) is 5.32 Å². The van der Waals surface area contributed by atoms with E-state index < -0.39 is 22.4 Å². The lowest BCUT2D eigenvalue weighted by Gasteiger charge is -2.13. The Morgan fingerprint density at radius 3 is 2.62 bits per heavy atom. The van der Waals surface area contributed by atoms with Crippen LogP contribution in [0.2, 0.25) is 0 Å². The van der Waals surface area contributed by atoms with Crippen LogP contribution in [-0.4, -0.2) is 55.1 Å². The van der Waals surface area contributed by atoms with E-state index in [0.717, 1.165) is 18.2 Å². The van der Waals surface area contributed by atoms with Gasteiger partial charge in [-0.05, 0) is 24.3 Å². The Hall–Kier alpha value is -4.66. The van der Waals surface area contributed by atoms with Crippen LogP contribution in [0.3, 0.4) is 0 Å². The summed E-state index contributed by atoms with van der Waals surface area (Å²) in [6.45, 7) is -3.19. The van der Waals surface area contributed by atoms with E-state index in [1.807, 2.05) is 0 Å². The number of carbonyl (C=O) groups excluding carboxylic acids is 1. The van der Waals surface area contributed by atoms with Crippen LogP contribution in [0, 0.1) is 0 Å². The first-order valence-corrected chi connectivity index (χ1v) is 12.1. The second kappa shape index (κ2) is 9.09. The van der Waals surface area contributed by atoms with Gasteiger partial charge in [0.15, 0.2) is 5.65 Å². The molecule has 0 aliphatic carbocycles. The topological polar surface area (TPSA) is 138 Å². The van der Waals surface area contributed by atoms with Crippen LogP contribution in [0.25, 0.3) is 16.9 Å². The van der Waals surface area contributed by atoms with Crippen molar-refractivity contribution in [1.82, 2.24) is 34.2 Å². The van der Waals surface area contributed by atoms with Gasteiger partial charge in [-0.1, -0.05) is 0 Å². The number of alkyl halides is 2. The van der Waals surface area contributed by atoms with Crippen molar-refractivity contribution in [2.45, 2.75) is 16.4 Å². The molecule has 5 aromatic rings. The number of halogens is 2. The minimum Gasteiger partial charge on any atom is -0.434 e. The molecule has 0 saturated carbocycles. The van der Waals surface area contributed by atoms with Crippen molar-refractivity contribution in [3.8, 4) is 17.0 Å². The van der Waals surface area contributed by atoms with Gasteiger partial charge in [-0.2, -0.15) is 24.1 Å². The van der Waals surface area contributed by atoms with Crippen molar-refractivity contribution in [2.24, 2.45) is 14.1 Å². The van der Waals surface area contributed by atoms with Crippen molar-refractivity contribution in [3.05, 3.63) is 67.0 Å². The monoisotopic (exact) mass is 528 g/mol. The Morgan fingerprint density at radius 2 is 1.89 bits per heavy atom. The summed E-state index contributed by atoms with van der Waals surface area (Å²) in [5, 5.41) is 14.9. The van der Waals surface area contributed by atoms with E-state index in [4.69, 9.17) is 0 Å². The normalized spacial score (nSPS) is 11.8. The number of fused-ring (bicyclic) bond motifs is 1. The Balaban J connectivity index is 1.59. The van der Waals surface area contributed by atoms with E-state index >= 15 is 0 Å². The van der Waals surface area contributed by atoms with Crippen molar-refractivity contribution < 1.29 is 26.7 Å². The molecule has 0 bridgehead atoms. The fourth-order valence-electron chi connectivity index (χ4n) is 3.69. The van der Waals surface area contributed by atoms with E-state index in [2.05, 4.69) is 30.3 Å². The number of hydrogen-bond donors (Lipinski definition) is 1. The van der Waals surface area contributed by atoms with E-state index in [9.17, 15) is 22.0 Å². The molecule has 12 nitrogen and oxygen atoms in total.